The lowest BCUT2D eigenvalue weighted by molar-refractivity contribution is -0.0586. The van der Waals surface area contributed by atoms with Crippen LogP contribution in [0.5, 0.6) is 5.75 Å². The van der Waals surface area contributed by atoms with Gasteiger partial charge in [-0.3, -0.25) is 4.79 Å². The molecule has 0 radical (unpaired) electrons. The highest BCUT2D eigenvalue weighted by Crippen LogP contribution is 2.47. The molecule has 3 atom stereocenters. The van der Waals surface area contributed by atoms with E-state index in [0.717, 1.165) is 63.5 Å². The average Bonchev–Trinajstić information content (AvgIpc) is 3.25. The normalized spacial score (nSPS) is 22.0. The first-order valence-electron chi connectivity index (χ1n) is 16.6. The fraction of sp³-hybridized carbons (Fsp3) is 0.543. The van der Waals surface area contributed by atoms with E-state index in [9.17, 15) is 18.0 Å². The average molecular weight is 666 g/mol. The van der Waals surface area contributed by atoms with E-state index in [1.54, 1.807) is 13.2 Å². The molecule has 1 aliphatic carbocycles. The van der Waals surface area contributed by atoms with Crippen LogP contribution in [0.1, 0.15) is 73.4 Å². The lowest BCUT2D eigenvalue weighted by Crippen LogP contribution is -2.54. The fourth-order valence-electron chi connectivity index (χ4n) is 7.67. The van der Waals surface area contributed by atoms with Gasteiger partial charge in [0.25, 0.3) is 5.91 Å². The van der Waals surface area contributed by atoms with Crippen LogP contribution < -0.4 is 9.46 Å². The maximum atomic E-state index is 14.0. The summed E-state index contributed by atoms with van der Waals surface area (Å²) in [6.45, 7) is 5.55. The first-order valence-corrected chi connectivity index (χ1v) is 18.1. The Kier molecular flexibility index (Phi) is 9.30. The molecule has 2 aromatic carbocycles. The highest BCUT2D eigenvalue weighted by molar-refractivity contribution is 7.87. The van der Waals surface area contributed by atoms with Crippen molar-refractivity contribution in [3.8, 4) is 17.0 Å². The maximum absolute atomic E-state index is 14.0. The van der Waals surface area contributed by atoms with E-state index in [2.05, 4.69) is 21.4 Å². The molecule has 1 unspecified atom stereocenters. The van der Waals surface area contributed by atoms with E-state index in [0.29, 0.717) is 32.0 Å². The Hall–Kier alpha value is -3.61. The van der Waals surface area contributed by atoms with Gasteiger partial charge < -0.3 is 23.8 Å². The van der Waals surface area contributed by atoms with Crippen LogP contribution in [0, 0.1) is 0 Å². The van der Waals surface area contributed by atoms with Gasteiger partial charge >= 0.3 is 16.2 Å². The number of morpholine rings is 1. The second-order valence-electron chi connectivity index (χ2n) is 13.6. The minimum Gasteiger partial charge on any atom is -0.497 e. The van der Waals surface area contributed by atoms with Crippen molar-refractivity contribution in [1.29, 1.82) is 0 Å². The van der Waals surface area contributed by atoms with Gasteiger partial charge in [-0.2, -0.15) is 12.7 Å². The quantitative estimate of drug-likeness (QED) is 0.397. The zero-order chi connectivity index (χ0) is 33.6. The number of aromatic nitrogens is 1. The van der Waals surface area contributed by atoms with Crippen LogP contribution >= 0.6 is 0 Å². The van der Waals surface area contributed by atoms with Gasteiger partial charge in [0.2, 0.25) is 0 Å². The third-order valence-electron chi connectivity index (χ3n) is 10.0. The Labute approximate surface area is 278 Å². The summed E-state index contributed by atoms with van der Waals surface area (Å²) < 4.78 is 42.1. The molecule has 2 fully saturated rings. The van der Waals surface area contributed by atoms with Crippen LogP contribution in [0.3, 0.4) is 0 Å². The van der Waals surface area contributed by atoms with Crippen molar-refractivity contribution in [3.05, 3.63) is 53.1 Å². The molecule has 254 valence electrons. The Morgan fingerprint density at radius 3 is 2.32 bits per heavy atom. The number of hydrogen-bond donors (Lipinski definition) is 1. The highest BCUT2D eigenvalue weighted by atomic mass is 32.2. The van der Waals surface area contributed by atoms with Crippen molar-refractivity contribution >= 4 is 33.1 Å². The van der Waals surface area contributed by atoms with Gasteiger partial charge in [-0.1, -0.05) is 25.3 Å². The molecule has 11 nitrogen and oxygen atoms in total. The van der Waals surface area contributed by atoms with Gasteiger partial charge in [-0.15, -0.1) is 0 Å². The molecule has 3 aliphatic rings. The van der Waals surface area contributed by atoms with Gasteiger partial charge in [0, 0.05) is 62.8 Å². The summed E-state index contributed by atoms with van der Waals surface area (Å²) in [4.78, 5) is 31.1. The zero-order valence-electron chi connectivity index (χ0n) is 28.3. The molecule has 47 heavy (non-hydrogen) atoms. The van der Waals surface area contributed by atoms with Gasteiger partial charge in [0.15, 0.2) is 0 Å². The molecule has 1 saturated heterocycles. The predicted molar refractivity (Wildman–Crippen MR) is 182 cm³/mol. The van der Waals surface area contributed by atoms with E-state index in [4.69, 9.17) is 9.47 Å². The van der Waals surface area contributed by atoms with Crippen molar-refractivity contribution in [2.75, 3.05) is 41.3 Å². The summed E-state index contributed by atoms with van der Waals surface area (Å²) in [5.74, 6) is 0.421. The van der Waals surface area contributed by atoms with Crippen LogP contribution in [0.2, 0.25) is 0 Å². The van der Waals surface area contributed by atoms with E-state index in [1.807, 2.05) is 48.9 Å². The molecule has 1 saturated carbocycles. The van der Waals surface area contributed by atoms with Crippen LogP contribution in [0.15, 0.2) is 36.4 Å². The zero-order valence-corrected chi connectivity index (χ0v) is 29.1. The number of likely N-dealkylation sites (N-methyl/N-ethyl adjacent to an activating group) is 1. The van der Waals surface area contributed by atoms with Gasteiger partial charge in [0.1, 0.15) is 5.75 Å². The Morgan fingerprint density at radius 1 is 0.957 bits per heavy atom. The van der Waals surface area contributed by atoms with Crippen LogP contribution in [-0.4, -0.2) is 98.6 Å². The van der Waals surface area contributed by atoms with E-state index in [1.165, 1.54) is 26.1 Å². The molecule has 3 amide bonds. The molecular formula is C35H47N5O6S. The standard InChI is InChI=1S/C35H47N5O6S/c1-22-19-39(20-23(2)46-22)35(42)38(5)27-16-26-17-28(45-6)13-15-29(26)33-32(24-10-8-7-9-11-24)30-14-12-25(18-31(30)40(33)21-27)34(41)36-47(43,44)37(3)4/h12-15,17-18,22-24,27H,7-11,16,19-21H2,1-6H3,(H,36,41)/t22-,23+,27?. The second-order valence-corrected chi connectivity index (χ2v) is 15.5. The molecule has 2 aliphatic heterocycles. The van der Waals surface area contributed by atoms with Crippen LogP contribution in [0.4, 0.5) is 4.79 Å². The second kappa shape index (κ2) is 13.1. The first kappa shape index (κ1) is 33.3. The number of benzene rings is 2. The number of methoxy groups -OCH3 is 1. The summed E-state index contributed by atoms with van der Waals surface area (Å²) in [5, 5.41) is 1.06. The Morgan fingerprint density at radius 2 is 1.66 bits per heavy atom. The third kappa shape index (κ3) is 6.47. The molecule has 1 N–H and O–H groups in total. The SMILES string of the molecule is COc1ccc2c(c1)CC(N(C)C(=O)N1C[C@@H](C)O[C@@H](C)C1)Cn1c-2c(C2CCCCC2)c2ccc(C(=O)NS(=O)(=O)N(C)C)cc21. The molecule has 6 rings (SSSR count). The predicted octanol–water partition coefficient (Wildman–Crippen LogP) is 4.99. The lowest BCUT2D eigenvalue weighted by atomic mass is 9.81. The number of urea groups is 1. The summed E-state index contributed by atoms with van der Waals surface area (Å²) in [6, 6.07) is 11.5. The summed E-state index contributed by atoms with van der Waals surface area (Å²) in [6.07, 6.45) is 6.22. The first-order chi connectivity index (χ1) is 22.4. The Balaban J connectivity index is 1.51. The molecule has 3 aromatic rings. The van der Waals surface area contributed by atoms with Crippen molar-refractivity contribution in [2.45, 2.75) is 83.1 Å². The fourth-order valence-corrected chi connectivity index (χ4v) is 8.20. The van der Waals surface area contributed by atoms with E-state index in [-0.39, 0.29) is 29.8 Å². The van der Waals surface area contributed by atoms with E-state index < -0.39 is 16.1 Å². The summed E-state index contributed by atoms with van der Waals surface area (Å²) >= 11 is 0. The molecular weight excluding hydrogens is 618 g/mol. The van der Waals surface area contributed by atoms with Crippen LogP contribution in [0.25, 0.3) is 22.2 Å². The van der Waals surface area contributed by atoms with Crippen molar-refractivity contribution < 1.29 is 27.5 Å². The van der Waals surface area contributed by atoms with Gasteiger partial charge in [0.05, 0.1) is 31.1 Å². The minimum atomic E-state index is -3.97. The van der Waals surface area contributed by atoms with Crippen molar-refractivity contribution in [2.24, 2.45) is 0 Å². The number of nitrogens with one attached hydrogen (secondary N) is 1. The number of fused-ring (bicyclic) bond motifs is 5. The lowest BCUT2D eigenvalue weighted by Gasteiger charge is -2.39. The molecule has 3 heterocycles. The summed E-state index contributed by atoms with van der Waals surface area (Å²) in [7, 11) is 2.33. The maximum Gasteiger partial charge on any atom is 0.320 e. The van der Waals surface area contributed by atoms with E-state index >= 15 is 0 Å². The molecule has 0 spiro atoms. The third-order valence-corrected chi connectivity index (χ3v) is 11.4. The number of rotatable bonds is 6. The minimum absolute atomic E-state index is 0.0391. The number of amides is 3. The van der Waals surface area contributed by atoms with Crippen LogP contribution in [-0.2, 0) is 27.9 Å². The number of carbonyl (C=O) groups excluding carboxylic acids is 2. The summed E-state index contributed by atoms with van der Waals surface area (Å²) in [5.41, 5.74) is 5.70. The topological polar surface area (TPSA) is 113 Å². The number of nitrogens with zero attached hydrogens (tertiary/aromatic N) is 4. The monoisotopic (exact) mass is 665 g/mol. The van der Waals surface area contributed by atoms with Crippen molar-refractivity contribution in [3.63, 3.8) is 0 Å². The number of ether oxygens (including phenoxy) is 2. The highest BCUT2D eigenvalue weighted by Gasteiger charge is 2.36. The Bertz CT molecular complexity index is 1770. The van der Waals surface area contributed by atoms with Gasteiger partial charge in [-0.05, 0) is 80.5 Å². The molecule has 0 bridgehead atoms. The van der Waals surface area contributed by atoms with Gasteiger partial charge in [-0.25, -0.2) is 9.52 Å². The number of carbonyl (C=O) groups is 2. The smallest absolute Gasteiger partial charge is 0.320 e. The van der Waals surface area contributed by atoms with Crippen molar-refractivity contribution in [1.82, 2.24) is 23.4 Å². The number of hydrogen-bond acceptors (Lipinski definition) is 6. The molecule has 12 heteroatoms. The largest absolute Gasteiger partial charge is 0.497 e. The molecule has 1 aromatic heterocycles.